The Morgan fingerprint density at radius 1 is 1.33 bits per heavy atom. The molecule has 1 aliphatic carbocycles. The Morgan fingerprint density at radius 3 is 2.79 bits per heavy atom. The summed E-state index contributed by atoms with van der Waals surface area (Å²) in [5.41, 5.74) is 1.95. The van der Waals surface area contributed by atoms with Gasteiger partial charge in [-0.15, -0.1) is 0 Å². The largest absolute Gasteiger partial charge is 0.493 e. The number of pyridine rings is 1. The normalized spacial score (nSPS) is 19.4. The first-order valence-electron chi connectivity index (χ1n) is 7.45. The maximum atomic E-state index is 13.5. The molecule has 1 fully saturated rings. The van der Waals surface area contributed by atoms with E-state index in [0.717, 1.165) is 12.0 Å². The fourth-order valence-electron chi connectivity index (χ4n) is 2.97. The van der Waals surface area contributed by atoms with Gasteiger partial charge in [0, 0.05) is 23.7 Å². The summed E-state index contributed by atoms with van der Waals surface area (Å²) in [6, 6.07) is 8.22. The summed E-state index contributed by atoms with van der Waals surface area (Å²) in [6.45, 7) is 0. The van der Waals surface area contributed by atoms with Crippen molar-refractivity contribution in [2.45, 2.75) is 18.4 Å². The van der Waals surface area contributed by atoms with Gasteiger partial charge in [0.25, 0.3) is 0 Å². The van der Waals surface area contributed by atoms with Crippen LogP contribution in [0.3, 0.4) is 0 Å². The predicted octanol–water partition coefficient (Wildman–Crippen LogP) is 3.47. The third kappa shape index (κ3) is 2.49. The monoisotopic (exact) mass is 345 g/mol. The van der Waals surface area contributed by atoms with Crippen molar-refractivity contribution in [3.05, 3.63) is 69.6 Å². The first kappa shape index (κ1) is 15.0. The third-order valence-corrected chi connectivity index (χ3v) is 4.62. The number of benzene rings is 1. The second-order valence-electron chi connectivity index (χ2n) is 5.84. The molecule has 0 saturated heterocycles. The van der Waals surface area contributed by atoms with Gasteiger partial charge >= 0.3 is 5.69 Å². The summed E-state index contributed by atoms with van der Waals surface area (Å²) in [5.74, 6) is -0.411. The molecule has 2 atom stereocenters. The van der Waals surface area contributed by atoms with Gasteiger partial charge in [0.05, 0.1) is 16.9 Å². The number of hydrogen-bond donors (Lipinski definition) is 2. The Hall–Kier alpha value is -2.60. The zero-order valence-electron chi connectivity index (χ0n) is 12.4. The number of halogens is 2. The quantitative estimate of drug-likeness (QED) is 0.763. The van der Waals surface area contributed by atoms with Gasteiger partial charge in [0.15, 0.2) is 0 Å². The Kier molecular flexibility index (Phi) is 3.42. The van der Waals surface area contributed by atoms with E-state index >= 15 is 0 Å². The molecule has 0 bridgehead atoms. The van der Waals surface area contributed by atoms with E-state index in [4.69, 9.17) is 11.6 Å². The number of nitrogens with one attached hydrogen (secondary N) is 1. The van der Waals surface area contributed by atoms with Crippen LogP contribution in [0.4, 0.5) is 4.39 Å². The summed E-state index contributed by atoms with van der Waals surface area (Å²) in [7, 11) is 0. The van der Waals surface area contributed by atoms with Crippen LogP contribution in [0, 0.1) is 5.82 Å². The zero-order chi connectivity index (χ0) is 16.8. The number of rotatable bonds is 3. The molecule has 4 rings (SSSR count). The Bertz CT molecular complexity index is 965. The van der Waals surface area contributed by atoms with Crippen molar-refractivity contribution in [1.82, 2.24) is 14.5 Å². The summed E-state index contributed by atoms with van der Waals surface area (Å²) in [4.78, 5) is 18.5. The van der Waals surface area contributed by atoms with Gasteiger partial charge in [-0.2, -0.15) is 0 Å². The number of imidazole rings is 1. The van der Waals surface area contributed by atoms with Crippen LogP contribution in [0.15, 0.2) is 47.5 Å². The van der Waals surface area contributed by atoms with Crippen molar-refractivity contribution in [3.8, 4) is 17.1 Å². The summed E-state index contributed by atoms with van der Waals surface area (Å²) in [5, 5.41) is 9.79. The van der Waals surface area contributed by atoms with Crippen LogP contribution in [0.2, 0.25) is 5.02 Å². The topological polar surface area (TPSA) is 70.9 Å². The molecule has 122 valence electrons. The highest BCUT2D eigenvalue weighted by molar-refractivity contribution is 6.30. The third-order valence-electron chi connectivity index (χ3n) is 4.31. The molecule has 2 aromatic heterocycles. The van der Waals surface area contributed by atoms with Gasteiger partial charge in [0.2, 0.25) is 5.88 Å². The van der Waals surface area contributed by atoms with Gasteiger partial charge in [-0.05, 0) is 30.2 Å². The zero-order valence-corrected chi connectivity index (χ0v) is 13.2. The predicted molar refractivity (Wildman–Crippen MR) is 87.8 cm³/mol. The first-order valence-corrected chi connectivity index (χ1v) is 7.82. The summed E-state index contributed by atoms with van der Waals surface area (Å²) in [6.07, 6.45) is 3.78. The molecule has 2 heterocycles. The van der Waals surface area contributed by atoms with Crippen molar-refractivity contribution in [1.29, 1.82) is 0 Å². The van der Waals surface area contributed by atoms with Crippen LogP contribution in [0.1, 0.15) is 23.9 Å². The van der Waals surface area contributed by atoms with Crippen molar-refractivity contribution in [3.63, 3.8) is 0 Å². The van der Waals surface area contributed by atoms with Crippen molar-refractivity contribution >= 4 is 11.6 Å². The van der Waals surface area contributed by atoms with Crippen LogP contribution in [-0.2, 0) is 0 Å². The van der Waals surface area contributed by atoms with E-state index in [0.29, 0.717) is 11.3 Å². The molecular weight excluding hydrogens is 333 g/mol. The molecule has 0 spiro atoms. The first-order chi connectivity index (χ1) is 11.5. The highest BCUT2D eigenvalue weighted by atomic mass is 35.5. The van der Waals surface area contributed by atoms with Crippen LogP contribution >= 0.6 is 11.6 Å². The molecule has 1 saturated carbocycles. The SMILES string of the molecule is O=c1[nH]cc(O)n1[C@H]1C[C@@H]1c1ccc(-c2ccc(Cl)c(F)c2)nc1. The minimum atomic E-state index is -0.482. The number of aromatic amines is 1. The van der Waals surface area contributed by atoms with E-state index < -0.39 is 5.82 Å². The van der Waals surface area contributed by atoms with Crippen LogP contribution in [0.25, 0.3) is 11.3 Å². The van der Waals surface area contributed by atoms with Gasteiger partial charge in [-0.25, -0.2) is 9.18 Å². The van der Waals surface area contributed by atoms with Gasteiger partial charge in [-0.3, -0.25) is 9.55 Å². The second kappa shape index (κ2) is 5.49. The van der Waals surface area contributed by atoms with Crippen LogP contribution in [-0.4, -0.2) is 19.6 Å². The minimum Gasteiger partial charge on any atom is -0.493 e. The molecule has 2 N–H and O–H groups in total. The Morgan fingerprint density at radius 2 is 2.17 bits per heavy atom. The average Bonchev–Trinajstić information content (AvgIpc) is 3.29. The molecule has 7 heteroatoms. The van der Waals surface area contributed by atoms with Gasteiger partial charge in [-0.1, -0.05) is 23.7 Å². The lowest BCUT2D eigenvalue weighted by Gasteiger charge is -2.05. The minimum absolute atomic E-state index is 0.0614. The van der Waals surface area contributed by atoms with Crippen molar-refractivity contribution in [2.75, 3.05) is 0 Å². The van der Waals surface area contributed by atoms with Crippen LogP contribution in [0.5, 0.6) is 5.88 Å². The number of hydrogen-bond acceptors (Lipinski definition) is 3. The lowest BCUT2D eigenvalue weighted by molar-refractivity contribution is 0.413. The number of nitrogens with zero attached hydrogens (tertiary/aromatic N) is 2. The standard InChI is InChI=1S/C17H13ClFN3O2/c18-12-3-1-9(5-13(12)19)14-4-2-10(7-20-14)11-6-15(11)22-16(23)8-21-17(22)24/h1-5,7-8,11,15,23H,6H2,(H,21,24)/t11-,15+/m1/s1. The molecule has 0 amide bonds. The summed E-state index contributed by atoms with van der Waals surface area (Å²) < 4.78 is 14.9. The van der Waals surface area contributed by atoms with Crippen LogP contribution < -0.4 is 5.69 Å². The van der Waals surface area contributed by atoms with E-state index in [9.17, 15) is 14.3 Å². The lowest BCUT2D eigenvalue weighted by atomic mass is 10.1. The number of aromatic hydroxyl groups is 1. The van der Waals surface area contributed by atoms with E-state index in [2.05, 4.69) is 9.97 Å². The lowest BCUT2D eigenvalue weighted by Crippen LogP contribution is -2.15. The Labute approximate surface area is 141 Å². The molecule has 0 unspecified atom stereocenters. The van der Waals surface area contributed by atoms with Gasteiger partial charge in [0.1, 0.15) is 5.82 Å². The average molecular weight is 346 g/mol. The van der Waals surface area contributed by atoms with Gasteiger partial charge < -0.3 is 10.1 Å². The maximum Gasteiger partial charge on any atom is 0.328 e. The van der Waals surface area contributed by atoms with E-state index in [1.54, 1.807) is 12.3 Å². The highest BCUT2D eigenvalue weighted by Crippen LogP contribution is 2.51. The molecule has 3 aromatic rings. The number of H-pyrrole nitrogens is 1. The maximum absolute atomic E-state index is 13.5. The van der Waals surface area contributed by atoms with Crippen molar-refractivity contribution in [2.24, 2.45) is 0 Å². The molecule has 5 nitrogen and oxygen atoms in total. The molecule has 1 aromatic carbocycles. The second-order valence-corrected chi connectivity index (χ2v) is 6.24. The Balaban J connectivity index is 1.57. The molecule has 0 aliphatic heterocycles. The molecular formula is C17H13ClFN3O2. The fraction of sp³-hybridized carbons (Fsp3) is 0.176. The fourth-order valence-corrected chi connectivity index (χ4v) is 3.08. The summed E-state index contributed by atoms with van der Waals surface area (Å²) >= 11 is 5.69. The molecule has 24 heavy (non-hydrogen) atoms. The smallest absolute Gasteiger partial charge is 0.328 e. The van der Waals surface area contributed by atoms with Crippen molar-refractivity contribution < 1.29 is 9.50 Å². The van der Waals surface area contributed by atoms with E-state index in [1.165, 1.54) is 22.9 Å². The van der Waals surface area contributed by atoms with E-state index in [1.807, 2.05) is 12.1 Å². The van der Waals surface area contributed by atoms with E-state index in [-0.39, 0.29) is 28.6 Å². The molecule has 0 radical (unpaired) electrons. The molecule has 1 aliphatic rings. The highest BCUT2D eigenvalue weighted by Gasteiger charge is 2.42. The number of aromatic nitrogens is 3.